The molecule has 3 N–H and O–H groups in total. The summed E-state index contributed by atoms with van der Waals surface area (Å²) in [6, 6.07) is 16.0. The van der Waals surface area contributed by atoms with Gasteiger partial charge >= 0.3 is 12.1 Å². The molecule has 3 aliphatic rings. The molecular weight excluding hydrogens is 648 g/mol. The van der Waals surface area contributed by atoms with Crippen LogP contribution in [0.4, 0.5) is 4.79 Å². The lowest BCUT2D eigenvalue weighted by Crippen LogP contribution is -2.56. The molecule has 270 valence electrons. The van der Waals surface area contributed by atoms with E-state index < -0.39 is 53.5 Å². The lowest BCUT2D eigenvalue weighted by atomic mass is 10.0. The number of aliphatic carboxylic acids is 1. The van der Waals surface area contributed by atoms with Crippen LogP contribution in [0.5, 0.6) is 5.75 Å². The fraction of sp³-hybridized carbons (Fsp3) is 0.475. The highest BCUT2D eigenvalue weighted by Crippen LogP contribution is 2.45. The highest BCUT2D eigenvalue weighted by atomic mass is 16.5. The van der Waals surface area contributed by atoms with Crippen LogP contribution in [0.2, 0.25) is 0 Å². The normalized spacial score (nSPS) is 25.7. The van der Waals surface area contributed by atoms with Gasteiger partial charge in [-0.05, 0) is 49.8 Å². The van der Waals surface area contributed by atoms with Gasteiger partial charge in [0.05, 0.1) is 24.4 Å². The third kappa shape index (κ3) is 8.18. The van der Waals surface area contributed by atoms with E-state index in [1.54, 1.807) is 0 Å². The number of carbonyl (C=O) groups excluding carboxylic acids is 3. The Balaban J connectivity index is 1.37. The number of rotatable bonds is 8. The Bertz CT molecular complexity index is 1760. The molecule has 1 aliphatic carbocycles. The largest absolute Gasteiger partial charge is 0.488 e. The van der Waals surface area contributed by atoms with Gasteiger partial charge in [-0.25, -0.2) is 14.6 Å². The van der Waals surface area contributed by atoms with E-state index in [1.807, 2.05) is 49.4 Å². The Kier molecular flexibility index (Phi) is 11.2. The van der Waals surface area contributed by atoms with Gasteiger partial charge in [0, 0.05) is 29.4 Å². The number of amides is 3. The third-order valence-electron chi connectivity index (χ3n) is 10.4. The van der Waals surface area contributed by atoms with Gasteiger partial charge in [0.1, 0.15) is 29.5 Å². The molecule has 1 unspecified atom stereocenters. The van der Waals surface area contributed by atoms with Crippen molar-refractivity contribution in [2.45, 2.75) is 101 Å². The summed E-state index contributed by atoms with van der Waals surface area (Å²) in [5.74, 6) is -1.99. The van der Waals surface area contributed by atoms with Crippen LogP contribution in [-0.2, 0) is 25.5 Å². The highest BCUT2D eigenvalue weighted by Gasteiger charge is 2.61. The number of ether oxygens (including phenoxy) is 2. The highest BCUT2D eigenvalue weighted by molar-refractivity contribution is 5.96. The molecule has 3 heterocycles. The van der Waals surface area contributed by atoms with Gasteiger partial charge in [0.25, 0.3) is 0 Å². The number of nitrogens with zero attached hydrogens (tertiary/aromatic N) is 2. The zero-order chi connectivity index (χ0) is 36.0. The molecular formula is C40H48N4O7. The van der Waals surface area contributed by atoms with Crippen LogP contribution in [0, 0.1) is 5.92 Å². The molecule has 5 atom stereocenters. The minimum absolute atomic E-state index is 0.0609. The van der Waals surface area contributed by atoms with Gasteiger partial charge in [-0.1, -0.05) is 81.5 Å². The number of hydrogen-bond donors (Lipinski definition) is 3. The molecule has 1 saturated heterocycles. The number of aromatic nitrogens is 1. The molecule has 3 amide bonds. The van der Waals surface area contributed by atoms with E-state index in [4.69, 9.17) is 14.5 Å². The van der Waals surface area contributed by atoms with Crippen molar-refractivity contribution in [2.75, 3.05) is 13.2 Å². The summed E-state index contributed by atoms with van der Waals surface area (Å²) in [5, 5.41) is 16.4. The van der Waals surface area contributed by atoms with Crippen molar-refractivity contribution >= 4 is 34.8 Å². The van der Waals surface area contributed by atoms with E-state index in [2.05, 4.69) is 29.3 Å². The first-order valence-corrected chi connectivity index (χ1v) is 18.3. The number of carboxylic acids is 1. The zero-order valence-corrected chi connectivity index (χ0v) is 29.3. The molecule has 2 aliphatic heterocycles. The molecule has 1 saturated carbocycles. The van der Waals surface area contributed by atoms with Gasteiger partial charge < -0.3 is 30.1 Å². The topological polar surface area (TPSA) is 147 Å². The van der Waals surface area contributed by atoms with Gasteiger partial charge in [0.15, 0.2) is 0 Å². The predicted octanol–water partition coefficient (Wildman–Crippen LogP) is 6.19. The minimum atomic E-state index is -1.47. The van der Waals surface area contributed by atoms with E-state index in [1.165, 1.54) is 11.0 Å². The smallest absolute Gasteiger partial charge is 0.407 e. The van der Waals surface area contributed by atoms with Gasteiger partial charge in [-0.3, -0.25) is 9.59 Å². The molecule has 51 heavy (non-hydrogen) atoms. The van der Waals surface area contributed by atoms with E-state index in [0.29, 0.717) is 18.6 Å². The van der Waals surface area contributed by atoms with Crippen LogP contribution in [-0.4, -0.2) is 75.7 Å². The van der Waals surface area contributed by atoms with Gasteiger partial charge in [0.2, 0.25) is 11.8 Å². The lowest BCUT2D eigenvalue weighted by molar-refractivity contribution is -0.145. The molecule has 2 fully saturated rings. The average Bonchev–Trinajstić information content (AvgIpc) is 3.70. The monoisotopic (exact) mass is 696 g/mol. The summed E-state index contributed by atoms with van der Waals surface area (Å²) in [4.78, 5) is 59.9. The van der Waals surface area contributed by atoms with Crippen molar-refractivity contribution in [3.63, 3.8) is 0 Å². The number of aryl methyl sites for hydroxylation is 1. The summed E-state index contributed by atoms with van der Waals surface area (Å²) in [6.07, 6.45) is 8.02. The molecule has 6 rings (SSSR count). The quantitative estimate of drug-likeness (QED) is 0.237. The summed E-state index contributed by atoms with van der Waals surface area (Å²) in [5.41, 5.74) is 2.12. The maximum absolute atomic E-state index is 14.3. The van der Waals surface area contributed by atoms with Crippen molar-refractivity contribution in [3.8, 4) is 17.0 Å². The van der Waals surface area contributed by atoms with Crippen LogP contribution in [0.25, 0.3) is 22.2 Å². The second kappa shape index (κ2) is 16.0. The van der Waals surface area contributed by atoms with Crippen LogP contribution in [0.15, 0.2) is 67.3 Å². The fourth-order valence-corrected chi connectivity index (χ4v) is 7.30. The Hall–Kier alpha value is -4.93. The van der Waals surface area contributed by atoms with Crippen molar-refractivity contribution in [2.24, 2.45) is 5.92 Å². The van der Waals surface area contributed by atoms with Crippen molar-refractivity contribution in [3.05, 3.63) is 72.8 Å². The maximum atomic E-state index is 14.3. The Morgan fingerprint density at radius 2 is 1.88 bits per heavy atom. The number of fused-ring (bicyclic) bond motifs is 3. The Morgan fingerprint density at radius 3 is 2.63 bits per heavy atom. The first kappa shape index (κ1) is 35.9. The number of alkyl carbamates (subject to hydrolysis) is 1. The number of hydrogen-bond acceptors (Lipinski definition) is 7. The lowest BCUT2D eigenvalue weighted by Gasteiger charge is -2.29. The minimum Gasteiger partial charge on any atom is -0.488 e. The predicted molar refractivity (Wildman–Crippen MR) is 193 cm³/mol. The molecule has 0 spiro atoms. The van der Waals surface area contributed by atoms with Crippen molar-refractivity contribution in [1.82, 2.24) is 20.5 Å². The summed E-state index contributed by atoms with van der Waals surface area (Å²) >= 11 is 0. The number of carboxylic acid groups (broad SMARTS) is 1. The molecule has 3 aromatic rings. The van der Waals surface area contributed by atoms with E-state index in [0.717, 1.165) is 72.7 Å². The number of cyclic esters (lactones) is 1. The molecule has 4 bridgehead atoms. The Labute approximate surface area is 298 Å². The summed E-state index contributed by atoms with van der Waals surface area (Å²) in [6.45, 7) is 6.04. The second-order valence-corrected chi connectivity index (χ2v) is 14.0. The van der Waals surface area contributed by atoms with Gasteiger partial charge in [-0.15, -0.1) is 6.58 Å². The number of benzene rings is 2. The van der Waals surface area contributed by atoms with Crippen molar-refractivity contribution in [1.29, 1.82) is 0 Å². The van der Waals surface area contributed by atoms with E-state index in [9.17, 15) is 24.3 Å². The number of carbonyl (C=O) groups is 4. The molecule has 0 radical (unpaired) electrons. The van der Waals surface area contributed by atoms with Crippen LogP contribution < -0.4 is 15.4 Å². The third-order valence-corrected chi connectivity index (χ3v) is 10.4. The van der Waals surface area contributed by atoms with Crippen LogP contribution in [0.1, 0.15) is 76.7 Å². The molecule has 1 aromatic heterocycles. The molecule has 11 heteroatoms. The summed E-state index contributed by atoms with van der Waals surface area (Å²) < 4.78 is 12.2. The first-order chi connectivity index (χ1) is 24.7. The fourth-order valence-electron chi connectivity index (χ4n) is 7.30. The number of nitrogens with one attached hydrogen (secondary N) is 2. The van der Waals surface area contributed by atoms with Crippen LogP contribution in [0.3, 0.4) is 0 Å². The molecule has 2 aromatic carbocycles. The zero-order valence-electron chi connectivity index (χ0n) is 29.3. The van der Waals surface area contributed by atoms with Crippen LogP contribution >= 0.6 is 0 Å². The first-order valence-electron chi connectivity index (χ1n) is 18.3. The van der Waals surface area contributed by atoms with Gasteiger partial charge in [-0.2, -0.15) is 0 Å². The number of pyridine rings is 1. The second-order valence-electron chi connectivity index (χ2n) is 14.0. The van der Waals surface area contributed by atoms with E-state index in [-0.39, 0.29) is 26.0 Å². The molecule has 11 nitrogen and oxygen atoms in total. The summed E-state index contributed by atoms with van der Waals surface area (Å²) in [7, 11) is 0. The van der Waals surface area contributed by atoms with Crippen molar-refractivity contribution < 1.29 is 33.8 Å². The maximum Gasteiger partial charge on any atom is 0.407 e. The number of unbranched alkanes of at least 4 members (excludes halogenated alkanes) is 1. The Morgan fingerprint density at radius 1 is 1.10 bits per heavy atom. The van der Waals surface area contributed by atoms with E-state index >= 15 is 0 Å². The average molecular weight is 697 g/mol. The standard InChI is InChI=1S/C40H48N4O7/c1-3-5-17-32-37(46)44-25-29(22-34(44)36(45)43-40(38(47)48)24-28(40)4-2)51-35-23-33(27-15-11-9-12-16-27)41-31-19-18-26(21-30(31)35)14-10-7-6-8-13-20-50-39(49)42-32/h4,9,11-12,15-16,18-19,21,23,28-29,32,34H,2-3,5-8,10,13-14,17,20,22,24-25H2,1H3,(H,42,49)(H,43,45)(H,47,48)/t28-,29?,32+,34+,40-/m1/s1. The SMILES string of the molecule is C=C[C@@H]1C[C@]1(NC(=O)[C@@H]1CC2CN1C(=O)[C@H](CCCC)NC(=O)OCCCCCCCc1ccc3nc(-c4ccccc4)cc(c3c1)O2)C(=O)O.